The Morgan fingerprint density at radius 3 is 2.48 bits per heavy atom. The fourth-order valence-electron chi connectivity index (χ4n) is 2.19. The molecule has 12 heteroatoms. The van der Waals surface area contributed by atoms with Gasteiger partial charge in [0.25, 0.3) is 5.91 Å². The number of carbonyl (C=O) groups excluding carboxylic acids is 2. The van der Waals surface area contributed by atoms with Gasteiger partial charge in [-0.15, -0.1) is 0 Å². The highest BCUT2D eigenvalue weighted by Crippen LogP contribution is 2.24. The van der Waals surface area contributed by atoms with Gasteiger partial charge in [0.1, 0.15) is 11.8 Å². The number of carbonyl (C=O) groups is 2. The molecule has 29 heavy (non-hydrogen) atoms. The number of ether oxygens (including phenoxy) is 1. The van der Waals surface area contributed by atoms with Crippen LogP contribution in [0.15, 0.2) is 33.7 Å². The highest BCUT2D eigenvalue weighted by atomic mass is 35.5. The molecule has 0 saturated heterocycles. The minimum atomic E-state index is -4.07. The molecule has 1 aromatic heterocycles. The van der Waals surface area contributed by atoms with Crippen LogP contribution in [0.4, 0.5) is 5.82 Å². The molecule has 1 heterocycles. The van der Waals surface area contributed by atoms with E-state index >= 15 is 0 Å². The van der Waals surface area contributed by atoms with Crippen molar-refractivity contribution in [2.24, 2.45) is 0 Å². The number of nitrogens with one attached hydrogen (secondary N) is 2. The number of rotatable bonds is 8. The van der Waals surface area contributed by atoms with E-state index in [2.05, 4.69) is 15.2 Å². The van der Waals surface area contributed by atoms with E-state index in [1.807, 2.05) is 0 Å². The molecule has 0 aliphatic heterocycles. The summed E-state index contributed by atoms with van der Waals surface area (Å²) in [5, 5.41) is 6.32. The van der Waals surface area contributed by atoms with Crippen LogP contribution in [-0.2, 0) is 24.3 Å². The first-order chi connectivity index (χ1) is 13.5. The van der Waals surface area contributed by atoms with Crippen LogP contribution in [0.5, 0.6) is 0 Å². The molecule has 9 nitrogen and oxygen atoms in total. The number of nitrogens with zero attached hydrogens (tertiary/aromatic N) is 1. The molecule has 0 saturated carbocycles. The molecule has 0 aliphatic carbocycles. The van der Waals surface area contributed by atoms with Gasteiger partial charge in [0, 0.05) is 6.07 Å². The standard InChI is InChI=1S/C17H19Cl2N3O6S/c1-4-14(16(23)20-15-7-9(2)28-21-15)27-17(24)10(3)22-29(25,26)11-5-6-12(18)13(19)8-11/h5-8,10,14,22H,4H2,1-3H3,(H,20,21,23)/t10-,14?/m0/s1. The second-order valence-electron chi connectivity index (χ2n) is 6.06. The van der Waals surface area contributed by atoms with Crippen molar-refractivity contribution in [1.29, 1.82) is 0 Å². The summed E-state index contributed by atoms with van der Waals surface area (Å²) in [6.45, 7) is 4.58. The van der Waals surface area contributed by atoms with Crippen molar-refractivity contribution in [3.63, 3.8) is 0 Å². The van der Waals surface area contributed by atoms with E-state index in [0.29, 0.717) is 5.76 Å². The smallest absolute Gasteiger partial charge is 0.324 e. The van der Waals surface area contributed by atoms with E-state index in [9.17, 15) is 18.0 Å². The minimum absolute atomic E-state index is 0.0515. The molecule has 2 rings (SSSR count). The Morgan fingerprint density at radius 1 is 1.24 bits per heavy atom. The zero-order valence-corrected chi connectivity index (χ0v) is 18.1. The number of aryl methyl sites for hydroxylation is 1. The number of aromatic nitrogens is 1. The third-order valence-corrected chi connectivity index (χ3v) is 5.97. The largest absolute Gasteiger partial charge is 0.451 e. The van der Waals surface area contributed by atoms with Crippen LogP contribution in [-0.4, -0.2) is 37.6 Å². The number of esters is 1. The van der Waals surface area contributed by atoms with Gasteiger partial charge in [0.05, 0.1) is 14.9 Å². The number of sulfonamides is 1. The van der Waals surface area contributed by atoms with Gasteiger partial charge in [-0.3, -0.25) is 9.59 Å². The van der Waals surface area contributed by atoms with Crippen LogP contribution in [0.1, 0.15) is 26.0 Å². The number of anilines is 1. The summed E-state index contributed by atoms with van der Waals surface area (Å²) in [5.41, 5.74) is 0. The molecule has 2 N–H and O–H groups in total. The van der Waals surface area contributed by atoms with Crippen molar-refractivity contribution in [3.05, 3.63) is 40.1 Å². The summed E-state index contributed by atoms with van der Waals surface area (Å²) in [6, 6.07) is 3.97. The molecule has 158 valence electrons. The molecule has 2 aromatic rings. The maximum absolute atomic E-state index is 12.4. The highest BCUT2D eigenvalue weighted by molar-refractivity contribution is 7.89. The lowest BCUT2D eigenvalue weighted by atomic mass is 10.2. The Kier molecular flexibility index (Phi) is 7.64. The van der Waals surface area contributed by atoms with Gasteiger partial charge >= 0.3 is 5.97 Å². The molecule has 0 spiro atoms. The van der Waals surface area contributed by atoms with Gasteiger partial charge in [-0.2, -0.15) is 4.72 Å². The van der Waals surface area contributed by atoms with E-state index in [0.717, 1.165) is 6.07 Å². The van der Waals surface area contributed by atoms with Gasteiger partial charge in [0.2, 0.25) is 10.0 Å². The second kappa shape index (κ2) is 9.57. The maximum Gasteiger partial charge on any atom is 0.324 e. The number of benzene rings is 1. The number of halogens is 2. The first kappa shape index (κ1) is 23.1. The molecule has 2 atom stereocenters. The lowest BCUT2D eigenvalue weighted by Gasteiger charge is -2.19. The quantitative estimate of drug-likeness (QED) is 0.575. The van der Waals surface area contributed by atoms with Crippen molar-refractivity contribution < 1.29 is 27.3 Å². The van der Waals surface area contributed by atoms with E-state index in [1.165, 1.54) is 25.1 Å². The van der Waals surface area contributed by atoms with Crippen LogP contribution < -0.4 is 10.0 Å². The molecular formula is C17H19Cl2N3O6S. The average Bonchev–Trinajstić information content (AvgIpc) is 3.05. The Balaban J connectivity index is 2.02. The number of amides is 1. The van der Waals surface area contributed by atoms with Crippen LogP contribution in [0.3, 0.4) is 0 Å². The van der Waals surface area contributed by atoms with Crippen molar-refractivity contribution in [2.75, 3.05) is 5.32 Å². The van der Waals surface area contributed by atoms with Gasteiger partial charge in [-0.05, 0) is 38.5 Å². The van der Waals surface area contributed by atoms with E-state index in [-0.39, 0.29) is 27.2 Å². The average molecular weight is 464 g/mol. The van der Waals surface area contributed by atoms with Crippen molar-refractivity contribution in [1.82, 2.24) is 9.88 Å². The Morgan fingerprint density at radius 2 is 1.93 bits per heavy atom. The van der Waals surface area contributed by atoms with Gasteiger partial charge in [0.15, 0.2) is 11.9 Å². The van der Waals surface area contributed by atoms with Crippen molar-refractivity contribution in [3.8, 4) is 0 Å². The third kappa shape index (κ3) is 6.17. The van der Waals surface area contributed by atoms with Crippen molar-refractivity contribution >= 4 is 50.9 Å². The molecule has 0 fully saturated rings. The summed E-state index contributed by atoms with van der Waals surface area (Å²) in [7, 11) is -4.07. The predicted molar refractivity (Wildman–Crippen MR) is 106 cm³/mol. The van der Waals surface area contributed by atoms with Crippen LogP contribution in [0.25, 0.3) is 0 Å². The summed E-state index contributed by atoms with van der Waals surface area (Å²) in [5.74, 6) is -0.869. The van der Waals surface area contributed by atoms with Crippen LogP contribution >= 0.6 is 23.2 Å². The minimum Gasteiger partial charge on any atom is -0.451 e. The highest BCUT2D eigenvalue weighted by Gasteiger charge is 2.28. The summed E-state index contributed by atoms with van der Waals surface area (Å²) < 4.78 is 37.0. The molecule has 0 bridgehead atoms. The number of hydrogen-bond donors (Lipinski definition) is 2. The van der Waals surface area contributed by atoms with Gasteiger partial charge < -0.3 is 14.6 Å². The lowest BCUT2D eigenvalue weighted by Crippen LogP contribution is -2.42. The van der Waals surface area contributed by atoms with Crippen LogP contribution in [0.2, 0.25) is 10.0 Å². The maximum atomic E-state index is 12.4. The van der Waals surface area contributed by atoms with Crippen molar-refractivity contribution in [2.45, 2.75) is 44.2 Å². The monoisotopic (exact) mass is 463 g/mol. The zero-order chi connectivity index (χ0) is 21.8. The predicted octanol–water partition coefficient (Wildman–Crippen LogP) is 2.92. The summed E-state index contributed by atoms with van der Waals surface area (Å²) in [4.78, 5) is 24.4. The fraction of sp³-hybridized carbons (Fsp3) is 0.353. The van der Waals surface area contributed by atoms with Gasteiger partial charge in [-0.25, -0.2) is 8.42 Å². The second-order valence-corrected chi connectivity index (χ2v) is 8.59. The normalized spacial score (nSPS) is 13.6. The zero-order valence-electron chi connectivity index (χ0n) is 15.7. The summed E-state index contributed by atoms with van der Waals surface area (Å²) in [6.07, 6.45) is -0.975. The molecule has 1 aromatic carbocycles. The molecule has 0 radical (unpaired) electrons. The van der Waals surface area contributed by atoms with E-state index in [4.69, 9.17) is 32.5 Å². The fourth-order valence-corrected chi connectivity index (χ4v) is 3.77. The van der Waals surface area contributed by atoms with E-state index in [1.54, 1.807) is 13.8 Å². The first-order valence-electron chi connectivity index (χ1n) is 8.45. The Hall–Kier alpha value is -2.14. The van der Waals surface area contributed by atoms with E-state index < -0.39 is 34.0 Å². The Labute approximate surface area is 177 Å². The Bertz CT molecular complexity index is 1010. The molecule has 0 aliphatic rings. The summed E-state index contributed by atoms with van der Waals surface area (Å²) >= 11 is 11.6. The first-order valence-corrected chi connectivity index (χ1v) is 10.7. The lowest BCUT2D eigenvalue weighted by molar-refractivity contribution is -0.155. The molecule has 1 unspecified atom stereocenters. The SMILES string of the molecule is CCC(OC(=O)[C@H](C)NS(=O)(=O)c1ccc(Cl)c(Cl)c1)C(=O)Nc1cc(C)on1. The van der Waals surface area contributed by atoms with Crippen LogP contribution in [0, 0.1) is 6.92 Å². The molecular weight excluding hydrogens is 445 g/mol. The van der Waals surface area contributed by atoms with Gasteiger partial charge in [-0.1, -0.05) is 35.3 Å². The molecule has 1 amide bonds. The number of hydrogen-bond acceptors (Lipinski definition) is 7. The topological polar surface area (TPSA) is 128 Å². The third-order valence-electron chi connectivity index (χ3n) is 3.69.